The van der Waals surface area contributed by atoms with E-state index in [1.54, 1.807) is 19.4 Å². The standard InChI is InChI=1S/C22H30N4O3/c1-17-5-3-6-18(11-17)14-23-21(27)12-19-7-4-8-25(16-19)20-13-22(28)26(24-15-20)9-10-29-2/h3,5-6,11,13,15,19H,4,7-10,12,14,16H2,1-2H3,(H,23,27). The molecule has 1 aliphatic heterocycles. The van der Waals surface area contributed by atoms with Gasteiger partial charge in [-0.05, 0) is 31.2 Å². The number of aryl methyl sites for hydroxylation is 1. The van der Waals surface area contributed by atoms with Crippen molar-refractivity contribution in [3.8, 4) is 0 Å². The van der Waals surface area contributed by atoms with E-state index in [0.29, 0.717) is 26.1 Å². The maximum absolute atomic E-state index is 12.4. The predicted octanol–water partition coefficient (Wildman–Crippen LogP) is 2.12. The molecule has 7 nitrogen and oxygen atoms in total. The molecule has 29 heavy (non-hydrogen) atoms. The lowest BCUT2D eigenvalue weighted by atomic mass is 9.94. The Balaban J connectivity index is 1.53. The molecular weight excluding hydrogens is 368 g/mol. The Morgan fingerprint density at radius 2 is 2.21 bits per heavy atom. The molecule has 0 saturated carbocycles. The molecule has 1 aliphatic rings. The third kappa shape index (κ3) is 6.15. The summed E-state index contributed by atoms with van der Waals surface area (Å²) < 4.78 is 6.41. The number of aromatic nitrogens is 2. The molecule has 3 rings (SSSR count). The summed E-state index contributed by atoms with van der Waals surface area (Å²) in [7, 11) is 1.60. The van der Waals surface area contributed by atoms with Crippen LogP contribution in [0, 0.1) is 12.8 Å². The normalized spacial score (nSPS) is 16.6. The third-order valence-electron chi connectivity index (χ3n) is 5.29. The Labute approximate surface area is 171 Å². The average Bonchev–Trinajstić information content (AvgIpc) is 2.71. The van der Waals surface area contributed by atoms with E-state index in [0.717, 1.165) is 37.2 Å². The van der Waals surface area contributed by atoms with Crippen LogP contribution in [-0.4, -0.2) is 42.5 Å². The molecule has 1 fully saturated rings. The minimum atomic E-state index is -0.127. The van der Waals surface area contributed by atoms with E-state index in [1.807, 2.05) is 25.1 Å². The quantitative estimate of drug-likeness (QED) is 0.737. The number of nitrogens with one attached hydrogen (secondary N) is 1. The molecule has 0 bridgehead atoms. The van der Waals surface area contributed by atoms with E-state index in [-0.39, 0.29) is 17.4 Å². The van der Waals surface area contributed by atoms with E-state index in [9.17, 15) is 9.59 Å². The molecule has 1 N–H and O–H groups in total. The van der Waals surface area contributed by atoms with Crippen molar-refractivity contribution in [2.75, 3.05) is 31.7 Å². The van der Waals surface area contributed by atoms with Gasteiger partial charge in [-0.3, -0.25) is 9.59 Å². The Morgan fingerprint density at radius 1 is 1.34 bits per heavy atom. The number of ether oxygens (including phenoxy) is 1. The summed E-state index contributed by atoms with van der Waals surface area (Å²) in [6.45, 7) is 5.15. The van der Waals surface area contributed by atoms with Gasteiger partial charge in [0.25, 0.3) is 5.56 Å². The fraction of sp³-hybridized carbons (Fsp3) is 0.500. The highest BCUT2D eigenvalue weighted by Gasteiger charge is 2.23. The first-order valence-electron chi connectivity index (χ1n) is 10.2. The number of carbonyl (C=O) groups excluding carboxylic acids is 1. The monoisotopic (exact) mass is 398 g/mol. The van der Waals surface area contributed by atoms with Crippen LogP contribution in [0.3, 0.4) is 0 Å². The van der Waals surface area contributed by atoms with Gasteiger partial charge in [0.2, 0.25) is 5.91 Å². The minimum Gasteiger partial charge on any atom is -0.383 e. The first kappa shape index (κ1) is 21.0. The molecule has 1 unspecified atom stereocenters. The maximum Gasteiger partial charge on any atom is 0.268 e. The molecule has 1 aromatic heterocycles. The second kappa shape index (κ2) is 10.2. The molecule has 1 amide bonds. The number of anilines is 1. The van der Waals surface area contributed by atoms with Gasteiger partial charge < -0.3 is 15.0 Å². The largest absolute Gasteiger partial charge is 0.383 e. The summed E-state index contributed by atoms with van der Waals surface area (Å²) in [4.78, 5) is 26.8. The number of hydrogen-bond donors (Lipinski definition) is 1. The highest BCUT2D eigenvalue weighted by molar-refractivity contribution is 5.76. The van der Waals surface area contributed by atoms with Crippen molar-refractivity contribution in [3.63, 3.8) is 0 Å². The number of methoxy groups -OCH3 is 1. The fourth-order valence-electron chi connectivity index (χ4n) is 3.77. The van der Waals surface area contributed by atoms with Gasteiger partial charge in [0, 0.05) is 39.2 Å². The van der Waals surface area contributed by atoms with Gasteiger partial charge in [-0.2, -0.15) is 5.10 Å². The second-order valence-corrected chi connectivity index (χ2v) is 7.69. The molecule has 1 atom stereocenters. The molecular formula is C22H30N4O3. The zero-order valence-electron chi connectivity index (χ0n) is 17.3. The van der Waals surface area contributed by atoms with Crippen molar-refractivity contribution in [1.82, 2.24) is 15.1 Å². The van der Waals surface area contributed by atoms with E-state index < -0.39 is 0 Å². The van der Waals surface area contributed by atoms with Gasteiger partial charge in [-0.15, -0.1) is 0 Å². The van der Waals surface area contributed by atoms with Gasteiger partial charge in [-0.25, -0.2) is 4.68 Å². The van der Waals surface area contributed by atoms with Crippen molar-refractivity contribution >= 4 is 11.6 Å². The van der Waals surface area contributed by atoms with Gasteiger partial charge in [0.15, 0.2) is 0 Å². The van der Waals surface area contributed by atoms with Crippen LogP contribution in [0.4, 0.5) is 5.69 Å². The van der Waals surface area contributed by atoms with E-state index in [1.165, 1.54) is 10.2 Å². The zero-order chi connectivity index (χ0) is 20.6. The molecule has 156 valence electrons. The van der Waals surface area contributed by atoms with Crippen molar-refractivity contribution in [2.45, 2.75) is 39.3 Å². The molecule has 7 heteroatoms. The second-order valence-electron chi connectivity index (χ2n) is 7.69. The summed E-state index contributed by atoms with van der Waals surface area (Å²) in [5.41, 5.74) is 3.01. The van der Waals surface area contributed by atoms with E-state index >= 15 is 0 Å². The van der Waals surface area contributed by atoms with Crippen LogP contribution in [0.15, 0.2) is 41.3 Å². The number of carbonyl (C=O) groups is 1. The smallest absolute Gasteiger partial charge is 0.268 e. The van der Waals surface area contributed by atoms with Gasteiger partial charge in [0.05, 0.1) is 25.0 Å². The van der Waals surface area contributed by atoms with E-state index in [4.69, 9.17) is 4.74 Å². The van der Waals surface area contributed by atoms with Gasteiger partial charge in [-0.1, -0.05) is 29.8 Å². The third-order valence-corrected chi connectivity index (χ3v) is 5.29. The molecule has 0 spiro atoms. The molecule has 2 heterocycles. The van der Waals surface area contributed by atoms with Crippen molar-refractivity contribution in [1.29, 1.82) is 0 Å². The van der Waals surface area contributed by atoms with Crippen molar-refractivity contribution in [3.05, 3.63) is 58.0 Å². The summed E-state index contributed by atoms with van der Waals surface area (Å²) in [5.74, 6) is 0.351. The maximum atomic E-state index is 12.4. The topological polar surface area (TPSA) is 76.5 Å². The predicted molar refractivity (Wildman–Crippen MR) is 113 cm³/mol. The number of nitrogens with zero attached hydrogens (tertiary/aromatic N) is 3. The average molecular weight is 399 g/mol. The van der Waals surface area contributed by atoms with Crippen LogP contribution in [0.25, 0.3) is 0 Å². The molecule has 0 radical (unpaired) electrons. The number of rotatable bonds is 8. The summed E-state index contributed by atoms with van der Waals surface area (Å²) in [6, 6.07) is 9.80. The van der Waals surface area contributed by atoms with Crippen molar-refractivity contribution in [2.24, 2.45) is 5.92 Å². The Kier molecular flexibility index (Phi) is 7.41. The SMILES string of the molecule is COCCn1ncc(N2CCCC(CC(=O)NCc3cccc(C)c3)C2)cc1=O. The number of hydrogen-bond acceptors (Lipinski definition) is 5. The summed E-state index contributed by atoms with van der Waals surface area (Å²) in [6.07, 6.45) is 4.26. The van der Waals surface area contributed by atoms with E-state index in [2.05, 4.69) is 21.4 Å². The van der Waals surface area contributed by atoms with Gasteiger partial charge in [0.1, 0.15) is 0 Å². The fourth-order valence-corrected chi connectivity index (χ4v) is 3.77. The molecule has 1 saturated heterocycles. The van der Waals surface area contributed by atoms with Crippen molar-refractivity contribution < 1.29 is 9.53 Å². The lowest BCUT2D eigenvalue weighted by Gasteiger charge is -2.34. The number of benzene rings is 1. The van der Waals surface area contributed by atoms with Crippen LogP contribution in [0.5, 0.6) is 0 Å². The first-order valence-corrected chi connectivity index (χ1v) is 10.2. The molecule has 2 aromatic rings. The molecule has 0 aliphatic carbocycles. The van der Waals surface area contributed by atoms with Crippen LogP contribution < -0.4 is 15.8 Å². The summed E-state index contributed by atoms with van der Waals surface area (Å²) in [5, 5.41) is 7.28. The Morgan fingerprint density at radius 3 is 2.97 bits per heavy atom. The minimum absolute atomic E-state index is 0.0754. The van der Waals surface area contributed by atoms with Gasteiger partial charge >= 0.3 is 0 Å². The zero-order valence-corrected chi connectivity index (χ0v) is 17.3. The number of piperidine rings is 1. The molecule has 1 aromatic carbocycles. The number of amides is 1. The summed E-state index contributed by atoms with van der Waals surface area (Å²) >= 11 is 0. The highest BCUT2D eigenvalue weighted by Crippen LogP contribution is 2.23. The lowest BCUT2D eigenvalue weighted by Crippen LogP contribution is -2.39. The highest BCUT2D eigenvalue weighted by atomic mass is 16.5. The Hall–Kier alpha value is -2.67. The first-order chi connectivity index (χ1) is 14.0. The lowest BCUT2D eigenvalue weighted by molar-refractivity contribution is -0.122. The van der Waals surface area contributed by atoms with Crippen LogP contribution >= 0.6 is 0 Å². The Bertz CT molecular complexity index is 880. The van der Waals surface area contributed by atoms with Crippen LogP contribution in [0.1, 0.15) is 30.4 Å². The van der Waals surface area contributed by atoms with Crippen LogP contribution in [-0.2, 0) is 22.6 Å². The van der Waals surface area contributed by atoms with Crippen LogP contribution in [0.2, 0.25) is 0 Å².